The van der Waals surface area contributed by atoms with E-state index in [-0.39, 0.29) is 5.91 Å². The van der Waals surface area contributed by atoms with Crippen molar-refractivity contribution < 1.29 is 18.0 Å². The second-order valence-corrected chi connectivity index (χ2v) is 5.45. The highest BCUT2D eigenvalue weighted by Crippen LogP contribution is 2.30. The molecule has 0 spiro atoms. The number of rotatable bonds is 3. The Morgan fingerprint density at radius 1 is 1.21 bits per heavy atom. The third-order valence-electron chi connectivity index (χ3n) is 3.74. The van der Waals surface area contributed by atoms with Gasteiger partial charge in [-0.3, -0.25) is 4.79 Å². The third-order valence-corrected chi connectivity index (χ3v) is 3.74. The zero-order valence-electron chi connectivity index (χ0n) is 12.7. The fourth-order valence-corrected chi connectivity index (χ4v) is 2.42. The summed E-state index contributed by atoms with van der Waals surface area (Å²) in [6.07, 6.45) is -2.89. The van der Waals surface area contributed by atoms with Gasteiger partial charge in [-0.15, -0.1) is 0 Å². The van der Waals surface area contributed by atoms with Crippen molar-refractivity contribution in [2.24, 2.45) is 0 Å². The van der Waals surface area contributed by atoms with E-state index in [0.29, 0.717) is 11.1 Å². The van der Waals surface area contributed by atoms with Crippen LogP contribution in [0.3, 0.4) is 0 Å². The molecule has 24 heavy (non-hydrogen) atoms. The minimum Gasteiger partial charge on any atom is -0.346 e. The highest BCUT2D eigenvalue weighted by molar-refractivity contribution is 5.97. The molecule has 3 rings (SSSR count). The number of aromatic nitrogens is 2. The number of hydrogen-bond donors (Lipinski definition) is 2. The van der Waals surface area contributed by atoms with Crippen LogP contribution in [0.2, 0.25) is 0 Å². The van der Waals surface area contributed by atoms with Gasteiger partial charge in [0.2, 0.25) is 0 Å². The van der Waals surface area contributed by atoms with Crippen molar-refractivity contribution in [2.45, 2.75) is 19.1 Å². The highest BCUT2D eigenvalue weighted by Gasteiger charge is 2.30. The number of alkyl halides is 3. The summed E-state index contributed by atoms with van der Waals surface area (Å²) in [6.45, 7) is 1.64. The maximum atomic E-state index is 12.8. The first-order valence-corrected chi connectivity index (χ1v) is 7.26. The molecule has 0 bridgehead atoms. The molecule has 0 saturated carbocycles. The maximum Gasteiger partial charge on any atom is 0.416 e. The van der Waals surface area contributed by atoms with E-state index in [1.54, 1.807) is 31.2 Å². The van der Waals surface area contributed by atoms with Crippen LogP contribution >= 0.6 is 0 Å². The van der Waals surface area contributed by atoms with Crippen molar-refractivity contribution in [2.75, 3.05) is 0 Å². The van der Waals surface area contributed by atoms with Crippen LogP contribution < -0.4 is 5.32 Å². The lowest BCUT2D eigenvalue weighted by molar-refractivity contribution is -0.137. The number of fused-ring (bicyclic) bond motifs is 1. The Morgan fingerprint density at radius 2 is 2.00 bits per heavy atom. The Hall–Kier alpha value is -2.83. The maximum absolute atomic E-state index is 12.8. The number of carbonyl (C=O) groups is 1. The van der Waals surface area contributed by atoms with E-state index in [1.807, 2.05) is 0 Å². The number of H-pyrrole nitrogens is 1. The Bertz CT molecular complexity index is 886. The first kappa shape index (κ1) is 16.0. The molecule has 0 aliphatic heterocycles. The first-order chi connectivity index (χ1) is 11.3. The summed E-state index contributed by atoms with van der Waals surface area (Å²) in [4.78, 5) is 19.3. The van der Waals surface area contributed by atoms with E-state index in [4.69, 9.17) is 0 Å². The monoisotopic (exact) mass is 333 g/mol. The number of benzene rings is 2. The van der Waals surface area contributed by atoms with Crippen molar-refractivity contribution >= 4 is 16.9 Å². The fourth-order valence-electron chi connectivity index (χ4n) is 2.42. The highest BCUT2D eigenvalue weighted by atomic mass is 19.4. The largest absolute Gasteiger partial charge is 0.416 e. The van der Waals surface area contributed by atoms with Gasteiger partial charge in [0.15, 0.2) is 0 Å². The van der Waals surface area contributed by atoms with Crippen LogP contribution in [0.1, 0.15) is 34.5 Å². The lowest BCUT2D eigenvalue weighted by Gasteiger charge is -2.16. The van der Waals surface area contributed by atoms with Gasteiger partial charge in [0.25, 0.3) is 5.91 Å². The van der Waals surface area contributed by atoms with Gasteiger partial charge in [-0.25, -0.2) is 4.98 Å². The average Bonchev–Trinajstić information content (AvgIpc) is 3.01. The number of hydrogen-bond acceptors (Lipinski definition) is 2. The summed E-state index contributed by atoms with van der Waals surface area (Å²) in [7, 11) is 0. The van der Waals surface area contributed by atoms with E-state index < -0.39 is 17.8 Å². The van der Waals surface area contributed by atoms with E-state index in [9.17, 15) is 18.0 Å². The Balaban J connectivity index is 1.78. The number of nitrogens with zero attached hydrogens (tertiary/aromatic N) is 1. The van der Waals surface area contributed by atoms with Crippen LogP contribution in [0.4, 0.5) is 13.2 Å². The smallest absolute Gasteiger partial charge is 0.346 e. The molecule has 0 unspecified atom stereocenters. The molecule has 3 aromatic rings. The lowest BCUT2D eigenvalue weighted by Crippen LogP contribution is -2.26. The summed E-state index contributed by atoms with van der Waals surface area (Å²) in [6, 6.07) is 9.35. The normalized spacial score (nSPS) is 13.0. The van der Waals surface area contributed by atoms with E-state index >= 15 is 0 Å². The second kappa shape index (κ2) is 5.99. The number of carbonyl (C=O) groups excluding carboxylic acids is 1. The number of imidazole rings is 1. The van der Waals surface area contributed by atoms with Crippen molar-refractivity contribution in [1.82, 2.24) is 15.3 Å². The molecule has 124 valence electrons. The van der Waals surface area contributed by atoms with Crippen LogP contribution in [0.25, 0.3) is 11.0 Å². The van der Waals surface area contributed by atoms with E-state index in [0.717, 1.165) is 23.2 Å². The van der Waals surface area contributed by atoms with E-state index in [2.05, 4.69) is 15.3 Å². The Labute approximate surface area is 135 Å². The van der Waals surface area contributed by atoms with Crippen LogP contribution in [0.15, 0.2) is 48.8 Å². The predicted octanol–water partition coefficient (Wildman–Crippen LogP) is 4.07. The summed E-state index contributed by atoms with van der Waals surface area (Å²) in [5.74, 6) is -0.364. The molecule has 7 heteroatoms. The molecule has 4 nitrogen and oxygen atoms in total. The van der Waals surface area contributed by atoms with Gasteiger partial charge in [0.1, 0.15) is 0 Å². The molecule has 0 aliphatic rings. The zero-order valence-corrected chi connectivity index (χ0v) is 12.7. The molecule has 1 atom stereocenters. The van der Waals surface area contributed by atoms with Gasteiger partial charge in [-0.05, 0) is 42.8 Å². The number of amides is 1. The molecular formula is C17H14F3N3O. The molecule has 0 aliphatic carbocycles. The van der Waals surface area contributed by atoms with Crippen LogP contribution in [0, 0.1) is 0 Å². The molecule has 1 aromatic heterocycles. The molecular weight excluding hydrogens is 319 g/mol. The van der Waals surface area contributed by atoms with Crippen molar-refractivity contribution in [3.63, 3.8) is 0 Å². The molecule has 2 aromatic carbocycles. The first-order valence-electron chi connectivity index (χ1n) is 7.26. The van der Waals surface area contributed by atoms with Gasteiger partial charge in [0.05, 0.1) is 29.0 Å². The topological polar surface area (TPSA) is 57.8 Å². The van der Waals surface area contributed by atoms with Crippen molar-refractivity contribution in [3.8, 4) is 0 Å². The number of halogens is 3. The average molecular weight is 333 g/mol. The van der Waals surface area contributed by atoms with Gasteiger partial charge < -0.3 is 10.3 Å². The molecule has 0 fully saturated rings. The quantitative estimate of drug-likeness (QED) is 0.759. The van der Waals surface area contributed by atoms with Gasteiger partial charge in [-0.2, -0.15) is 13.2 Å². The van der Waals surface area contributed by atoms with Crippen molar-refractivity contribution in [3.05, 3.63) is 65.5 Å². The van der Waals surface area contributed by atoms with Crippen LogP contribution in [-0.2, 0) is 6.18 Å². The number of aromatic amines is 1. The van der Waals surface area contributed by atoms with Crippen LogP contribution in [0.5, 0.6) is 0 Å². The molecule has 1 amide bonds. The summed E-state index contributed by atoms with van der Waals surface area (Å²) < 4.78 is 38.3. The predicted molar refractivity (Wildman–Crippen MR) is 83.4 cm³/mol. The van der Waals surface area contributed by atoms with Crippen molar-refractivity contribution in [1.29, 1.82) is 0 Å². The Kier molecular flexibility index (Phi) is 4.01. The second-order valence-electron chi connectivity index (χ2n) is 5.45. The summed E-state index contributed by atoms with van der Waals surface area (Å²) >= 11 is 0. The third kappa shape index (κ3) is 3.24. The minimum atomic E-state index is -4.41. The van der Waals surface area contributed by atoms with Gasteiger partial charge >= 0.3 is 6.18 Å². The summed E-state index contributed by atoms with van der Waals surface area (Å²) in [5.41, 5.74) is 1.51. The summed E-state index contributed by atoms with van der Waals surface area (Å²) in [5, 5.41) is 2.71. The minimum absolute atomic E-state index is 0.364. The van der Waals surface area contributed by atoms with Crippen LogP contribution in [-0.4, -0.2) is 15.9 Å². The fraction of sp³-hybridized carbons (Fsp3) is 0.176. The Morgan fingerprint density at radius 3 is 2.75 bits per heavy atom. The SMILES string of the molecule is C[C@H](NC(=O)c1ccc2nc[nH]c2c1)c1cccc(C(F)(F)F)c1. The molecule has 1 heterocycles. The molecule has 0 radical (unpaired) electrons. The van der Waals surface area contributed by atoms with E-state index in [1.165, 1.54) is 12.4 Å². The number of nitrogens with one attached hydrogen (secondary N) is 2. The molecule has 0 saturated heterocycles. The standard InChI is InChI=1S/C17H14F3N3O/c1-10(11-3-2-4-13(7-11)17(18,19)20)23-16(24)12-5-6-14-15(8-12)22-9-21-14/h2-10H,1H3,(H,21,22)(H,23,24)/t10-/m0/s1. The molecule has 2 N–H and O–H groups in total. The lowest BCUT2D eigenvalue weighted by atomic mass is 10.0. The zero-order chi connectivity index (χ0) is 17.3. The van der Waals surface area contributed by atoms with Gasteiger partial charge in [-0.1, -0.05) is 12.1 Å². The van der Waals surface area contributed by atoms with Gasteiger partial charge in [0, 0.05) is 5.56 Å².